The molecule has 35 heavy (non-hydrogen) atoms. The van der Waals surface area contributed by atoms with Crippen LogP contribution in [0, 0.1) is 11.6 Å². The lowest BCUT2D eigenvalue weighted by Crippen LogP contribution is -2.20. The highest BCUT2D eigenvalue weighted by atomic mass is 79.9. The molecule has 3 aromatic rings. The summed E-state index contributed by atoms with van der Waals surface area (Å²) >= 11 is 3.12. The van der Waals surface area contributed by atoms with E-state index in [9.17, 15) is 31.5 Å². The molecule has 3 rings (SSSR count). The standard InChI is InChI=1S/C21H14BrF5N2O6/c1-9(30)32-8-14(33-13-7-6-12(23)15(16(13)24)19(28)31)20-29-17(18(22)34-20)10-2-4-11(5-3-10)35-21(25,26)27/h2-7,14H,8H2,1H3,(H2,28,31). The highest BCUT2D eigenvalue weighted by Gasteiger charge is 2.31. The molecule has 1 atom stereocenters. The van der Waals surface area contributed by atoms with Gasteiger partial charge in [0.05, 0.1) is 0 Å². The number of benzene rings is 2. The van der Waals surface area contributed by atoms with Crippen molar-refractivity contribution in [2.75, 3.05) is 6.61 Å². The Morgan fingerprint density at radius 2 is 1.80 bits per heavy atom. The van der Waals surface area contributed by atoms with Gasteiger partial charge in [0.2, 0.25) is 12.0 Å². The van der Waals surface area contributed by atoms with Crippen LogP contribution in [-0.2, 0) is 9.53 Å². The van der Waals surface area contributed by atoms with Crippen LogP contribution in [0.1, 0.15) is 29.3 Å². The number of oxazole rings is 1. The number of ether oxygens (including phenoxy) is 3. The molecule has 1 unspecified atom stereocenters. The summed E-state index contributed by atoms with van der Waals surface area (Å²) < 4.78 is 85.2. The zero-order valence-corrected chi connectivity index (χ0v) is 19.1. The topological polar surface area (TPSA) is 114 Å². The van der Waals surface area contributed by atoms with Crippen LogP contribution in [0.2, 0.25) is 0 Å². The first kappa shape index (κ1) is 25.9. The molecule has 1 aromatic heterocycles. The smallest absolute Gasteiger partial charge is 0.474 e. The Kier molecular flexibility index (Phi) is 7.63. The van der Waals surface area contributed by atoms with Crippen molar-refractivity contribution in [1.82, 2.24) is 4.98 Å². The Balaban J connectivity index is 1.93. The van der Waals surface area contributed by atoms with Crippen molar-refractivity contribution < 1.29 is 50.2 Å². The summed E-state index contributed by atoms with van der Waals surface area (Å²) in [6.07, 6.45) is -6.24. The molecule has 0 saturated carbocycles. The SMILES string of the molecule is CC(=O)OCC(Oc1ccc(F)c(C(N)=O)c1F)c1nc(-c2ccc(OC(F)(F)F)cc2)c(Br)o1. The molecular formula is C21H14BrF5N2O6. The van der Waals surface area contributed by atoms with E-state index in [4.69, 9.17) is 19.6 Å². The normalized spacial score (nSPS) is 12.2. The van der Waals surface area contributed by atoms with Crippen molar-refractivity contribution in [3.8, 4) is 22.8 Å². The predicted molar refractivity (Wildman–Crippen MR) is 111 cm³/mol. The fraction of sp³-hybridized carbons (Fsp3) is 0.190. The third-order valence-electron chi connectivity index (χ3n) is 4.25. The highest BCUT2D eigenvalue weighted by molar-refractivity contribution is 9.10. The van der Waals surface area contributed by atoms with Gasteiger partial charge in [-0.05, 0) is 52.3 Å². The third kappa shape index (κ3) is 6.47. The molecule has 0 radical (unpaired) electrons. The first-order chi connectivity index (χ1) is 16.4. The van der Waals surface area contributed by atoms with Crippen molar-refractivity contribution in [1.29, 1.82) is 0 Å². The molecule has 14 heteroatoms. The van der Waals surface area contributed by atoms with Gasteiger partial charge in [0.15, 0.2) is 16.2 Å². The van der Waals surface area contributed by atoms with Gasteiger partial charge in [-0.3, -0.25) is 9.59 Å². The average Bonchev–Trinajstić information content (AvgIpc) is 3.13. The highest BCUT2D eigenvalue weighted by Crippen LogP contribution is 2.35. The van der Waals surface area contributed by atoms with Crippen LogP contribution in [-0.4, -0.2) is 29.8 Å². The minimum absolute atomic E-state index is 0.0193. The number of carbonyl (C=O) groups is 2. The molecule has 0 aliphatic heterocycles. The summed E-state index contributed by atoms with van der Waals surface area (Å²) in [6.45, 7) is 0.574. The van der Waals surface area contributed by atoms with Crippen LogP contribution in [0.5, 0.6) is 11.5 Å². The summed E-state index contributed by atoms with van der Waals surface area (Å²) in [7, 11) is 0. The molecule has 1 heterocycles. The molecule has 0 aliphatic carbocycles. The number of hydrogen-bond acceptors (Lipinski definition) is 7. The lowest BCUT2D eigenvalue weighted by atomic mass is 10.1. The molecule has 0 bridgehead atoms. The van der Waals surface area contributed by atoms with E-state index in [2.05, 4.69) is 25.7 Å². The largest absolute Gasteiger partial charge is 0.573 e. The lowest BCUT2D eigenvalue weighted by Gasteiger charge is -2.17. The van der Waals surface area contributed by atoms with Crippen LogP contribution in [0.3, 0.4) is 0 Å². The van der Waals surface area contributed by atoms with Crippen LogP contribution < -0.4 is 15.2 Å². The number of carbonyl (C=O) groups excluding carboxylic acids is 2. The Morgan fingerprint density at radius 3 is 2.37 bits per heavy atom. The number of halogens is 6. The van der Waals surface area contributed by atoms with Gasteiger partial charge >= 0.3 is 12.3 Å². The number of nitrogens with two attached hydrogens (primary N) is 1. The van der Waals surface area contributed by atoms with Crippen LogP contribution >= 0.6 is 15.9 Å². The third-order valence-corrected chi connectivity index (χ3v) is 4.79. The van der Waals surface area contributed by atoms with E-state index in [1.54, 1.807) is 0 Å². The molecule has 0 spiro atoms. The second-order valence-electron chi connectivity index (χ2n) is 6.75. The summed E-state index contributed by atoms with van der Waals surface area (Å²) in [4.78, 5) is 26.9. The minimum atomic E-state index is -4.87. The maximum atomic E-state index is 14.6. The molecule has 0 aliphatic rings. The van der Waals surface area contributed by atoms with E-state index < -0.39 is 59.6 Å². The van der Waals surface area contributed by atoms with Gasteiger partial charge < -0.3 is 24.4 Å². The quantitative estimate of drug-likeness (QED) is 0.300. The molecule has 0 fully saturated rings. The first-order valence-electron chi connectivity index (χ1n) is 9.46. The summed E-state index contributed by atoms with van der Waals surface area (Å²) in [5, 5.41) is 0. The molecule has 186 valence electrons. The van der Waals surface area contributed by atoms with Crippen LogP contribution in [0.15, 0.2) is 45.5 Å². The maximum Gasteiger partial charge on any atom is 0.573 e. The lowest BCUT2D eigenvalue weighted by molar-refractivity contribution is -0.274. The minimum Gasteiger partial charge on any atom is -0.474 e. The van der Waals surface area contributed by atoms with Gasteiger partial charge in [0.25, 0.3) is 5.91 Å². The monoisotopic (exact) mass is 564 g/mol. The van der Waals surface area contributed by atoms with E-state index in [0.29, 0.717) is 5.56 Å². The van der Waals surface area contributed by atoms with Crippen molar-refractivity contribution in [3.63, 3.8) is 0 Å². The molecule has 2 N–H and O–H groups in total. The zero-order valence-electron chi connectivity index (χ0n) is 17.5. The number of rotatable bonds is 8. The average molecular weight is 565 g/mol. The van der Waals surface area contributed by atoms with Gasteiger partial charge in [-0.25, -0.2) is 13.8 Å². The summed E-state index contributed by atoms with van der Waals surface area (Å²) in [6, 6.07) is 6.28. The Hall–Kier alpha value is -3.68. The van der Waals surface area contributed by atoms with Crippen molar-refractivity contribution in [2.45, 2.75) is 19.4 Å². The van der Waals surface area contributed by atoms with Gasteiger partial charge in [-0.15, -0.1) is 13.2 Å². The van der Waals surface area contributed by atoms with Gasteiger partial charge in [0.1, 0.15) is 29.4 Å². The number of hydrogen-bond donors (Lipinski definition) is 1. The van der Waals surface area contributed by atoms with Crippen LogP contribution in [0.25, 0.3) is 11.3 Å². The summed E-state index contributed by atoms with van der Waals surface area (Å²) in [5.74, 6) is -6.01. The first-order valence-corrected chi connectivity index (χ1v) is 10.2. The van der Waals surface area contributed by atoms with E-state index in [1.165, 1.54) is 12.1 Å². The molecule has 1 amide bonds. The maximum absolute atomic E-state index is 14.6. The summed E-state index contributed by atoms with van der Waals surface area (Å²) in [5.41, 5.74) is 4.39. The predicted octanol–water partition coefficient (Wildman–Crippen LogP) is 5.06. The number of aromatic nitrogens is 1. The molecule has 2 aromatic carbocycles. The van der Waals surface area contributed by atoms with Gasteiger partial charge in [0, 0.05) is 12.5 Å². The number of amides is 1. The van der Waals surface area contributed by atoms with Crippen molar-refractivity contribution >= 4 is 27.8 Å². The fourth-order valence-corrected chi connectivity index (χ4v) is 3.28. The molecule has 8 nitrogen and oxygen atoms in total. The zero-order chi connectivity index (χ0) is 25.9. The van der Waals surface area contributed by atoms with Crippen LogP contribution in [0.4, 0.5) is 22.0 Å². The number of esters is 1. The van der Waals surface area contributed by atoms with E-state index in [0.717, 1.165) is 31.2 Å². The molecular weight excluding hydrogens is 551 g/mol. The van der Waals surface area contributed by atoms with E-state index >= 15 is 0 Å². The Labute approximate surface area is 201 Å². The fourth-order valence-electron chi connectivity index (χ4n) is 2.80. The van der Waals surface area contributed by atoms with E-state index in [1.807, 2.05) is 0 Å². The molecule has 0 saturated heterocycles. The second kappa shape index (κ2) is 10.3. The Morgan fingerprint density at radius 1 is 1.14 bits per heavy atom. The van der Waals surface area contributed by atoms with Crippen molar-refractivity contribution in [2.24, 2.45) is 5.73 Å². The van der Waals surface area contributed by atoms with Gasteiger partial charge in [-0.1, -0.05) is 0 Å². The van der Waals surface area contributed by atoms with Crippen molar-refractivity contribution in [3.05, 3.63) is 64.2 Å². The Bertz CT molecular complexity index is 1250. The number of primary amides is 1. The van der Waals surface area contributed by atoms with Gasteiger partial charge in [-0.2, -0.15) is 0 Å². The second-order valence-corrected chi connectivity index (χ2v) is 7.47. The van der Waals surface area contributed by atoms with E-state index in [-0.39, 0.29) is 16.3 Å². The number of alkyl halides is 3. The number of nitrogens with zero attached hydrogens (tertiary/aromatic N) is 1.